The van der Waals surface area contributed by atoms with Crippen LogP contribution in [0.5, 0.6) is 0 Å². The van der Waals surface area contributed by atoms with Gasteiger partial charge in [-0.3, -0.25) is 0 Å². The average molecular weight is 371 g/mol. The number of allylic oxidation sites excluding steroid dienone is 2. The van der Waals surface area contributed by atoms with Crippen LogP contribution in [0.2, 0.25) is 0 Å². The molecule has 0 heteroatoms. The number of hydrogen-bond donors (Lipinski definition) is 0. The molecule has 6 saturated carbocycles. The molecule has 0 saturated heterocycles. The van der Waals surface area contributed by atoms with Crippen LogP contribution in [0.15, 0.2) is 12.2 Å². The first-order valence-electron chi connectivity index (χ1n) is 13.1. The van der Waals surface area contributed by atoms with Gasteiger partial charge < -0.3 is 0 Å². The van der Waals surface area contributed by atoms with Crippen LogP contribution in [0.25, 0.3) is 0 Å². The molecule has 0 spiro atoms. The fourth-order valence-electron chi connectivity index (χ4n) is 9.89. The van der Waals surface area contributed by atoms with Crippen LogP contribution in [-0.2, 0) is 0 Å². The fraction of sp³-hybridized carbons (Fsp3) is 0.926. The van der Waals surface area contributed by atoms with Crippen molar-refractivity contribution in [2.75, 3.05) is 0 Å². The van der Waals surface area contributed by atoms with Gasteiger partial charge in [0.1, 0.15) is 0 Å². The van der Waals surface area contributed by atoms with Gasteiger partial charge in [-0.25, -0.2) is 0 Å². The van der Waals surface area contributed by atoms with Crippen molar-refractivity contribution < 1.29 is 0 Å². The topological polar surface area (TPSA) is 0 Å². The van der Waals surface area contributed by atoms with Gasteiger partial charge in [0.05, 0.1) is 0 Å². The predicted octanol–water partition coefficient (Wildman–Crippen LogP) is 7.84. The molecule has 7 rings (SSSR count). The van der Waals surface area contributed by atoms with Crippen LogP contribution in [0.1, 0.15) is 86.5 Å². The van der Waals surface area contributed by atoms with Crippen molar-refractivity contribution in [3.05, 3.63) is 12.2 Å². The van der Waals surface area contributed by atoms with Gasteiger partial charge in [0.15, 0.2) is 0 Å². The first-order valence-corrected chi connectivity index (χ1v) is 13.1. The van der Waals surface area contributed by atoms with E-state index in [9.17, 15) is 0 Å². The molecule has 6 fully saturated rings. The lowest BCUT2D eigenvalue weighted by Crippen LogP contribution is -2.44. The van der Waals surface area contributed by atoms with Crippen molar-refractivity contribution in [3.63, 3.8) is 0 Å². The molecule has 0 aromatic heterocycles. The molecule has 0 aromatic carbocycles. The van der Waals surface area contributed by atoms with Gasteiger partial charge in [-0.1, -0.05) is 53.7 Å². The standard InChI is InChI=1S/C21H28.3C2H6/c1-2-11-5-10(1)14-7-16-17(8-15(11)14)19-9-18(16)20-12-3-4-13(6-12)21(19)20;3*1-2/h1-2,10-21H,3-9H2;3*1-2H3. The highest BCUT2D eigenvalue weighted by molar-refractivity contribution is 5.20. The summed E-state index contributed by atoms with van der Waals surface area (Å²) in [6.07, 6.45) is 16.6. The van der Waals surface area contributed by atoms with E-state index >= 15 is 0 Å². The van der Waals surface area contributed by atoms with Crippen molar-refractivity contribution in [3.8, 4) is 0 Å². The summed E-state index contributed by atoms with van der Waals surface area (Å²) in [5, 5.41) is 0. The van der Waals surface area contributed by atoms with Crippen LogP contribution < -0.4 is 0 Å². The lowest BCUT2D eigenvalue weighted by molar-refractivity contribution is -0.00816. The molecule has 0 radical (unpaired) electrons. The summed E-state index contributed by atoms with van der Waals surface area (Å²) in [4.78, 5) is 0. The van der Waals surface area contributed by atoms with Crippen molar-refractivity contribution in [2.45, 2.75) is 86.5 Å². The van der Waals surface area contributed by atoms with Crippen molar-refractivity contribution in [1.29, 1.82) is 0 Å². The van der Waals surface area contributed by atoms with Crippen LogP contribution in [0.4, 0.5) is 0 Å². The largest absolute Gasteiger partial charge is 0.0848 e. The Bertz CT molecular complexity index is 488. The van der Waals surface area contributed by atoms with E-state index in [1.54, 1.807) is 44.9 Å². The normalized spacial score (nSPS) is 56.1. The van der Waals surface area contributed by atoms with Crippen LogP contribution in [0, 0.1) is 71.0 Å². The Morgan fingerprint density at radius 1 is 0.444 bits per heavy atom. The average Bonchev–Trinajstić information content (AvgIpc) is 3.58. The molecular weight excluding hydrogens is 324 g/mol. The minimum Gasteiger partial charge on any atom is -0.0848 e. The van der Waals surface area contributed by atoms with E-state index in [1.807, 2.05) is 41.5 Å². The monoisotopic (exact) mass is 370 g/mol. The minimum atomic E-state index is 1.01. The molecule has 7 aliphatic rings. The third kappa shape index (κ3) is 2.67. The predicted molar refractivity (Wildman–Crippen MR) is 117 cm³/mol. The van der Waals surface area contributed by atoms with Gasteiger partial charge in [-0.15, -0.1) is 0 Å². The maximum absolute atomic E-state index is 2.61. The highest BCUT2D eigenvalue weighted by atomic mass is 14.7. The van der Waals surface area contributed by atoms with Crippen molar-refractivity contribution >= 4 is 0 Å². The Kier molecular flexibility index (Phi) is 5.84. The molecule has 0 heterocycles. The molecule has 0 N–H and O–H groups in total. The zero-order valence-corrected chi connectivity index (χ0v) is 19.0. The Labute approximate surface area is 170 Å². The molecule has 0 aromatic rings. The number of rotatable bonds is 0. The first-order chi connectivity index (χ1) is 13.4. The van der Waals surface area contributed by atoms with Crippen LogP contribution >= 0.6 is 0 Å². The lowest BCUT2D eigenvalue weighted by Gasteiger charge is -2.50. The summed E-state index contributed by atoms with van der Waals surface area (Å²) in [5.41, 5.74) is 0. The van der Waals surface area contributed by atoms with Gasteiger partial charge in [0, 0.05) is 0 Å². The molecule has 0 aliphatic heterocycles. The minimum absolute atomic E-state index is 1.01. The maximum Gasteiger partial charge on any atom is -0.0196 e. The Hall–Kier alpha value is -0.260. The van der Waals surface area contributed by atoms with E-state index in [4.69, 9.17) is 0 Å². The van der Waals surface area contributed by atoms with Gasteiger partial charge in [-0.05, 0) is 116 Å². The zero-order chi connectivity index (χ0) is 19.3. The fourth-order valence-corrected chi connectivity index (χ4v) is 9.89. The third-order valence-electron chi connectivity index (χ3n) is 10.1. The van der Waals surface area contributed by atoms with E-state index in [0.29, 0.717) is 0 Å². The summed E-state index contributed by atoms with van der Waals surface area (Å²) in [6, 6.07) is 0. The molecule has 0 nitrogen and oxygen atoms in total. The van der Waals surface area contributed by atoms with Crippen LogP contribution in [-0.4, -0.2) is 0 Å². The zero-order valence-electron chi connectivity index (χ0n) is 19.0. The summed E-state index contributed by atoms with van der Waals surface area (Å²) in [5.74, 6) is 13.9. The Morgan fingerprint density at radius 3 is 1.30 bits per heavy atom. The van der Waals surface area contributed by atoms with E-state index in [1.165, 1.54) is 47.3 Å². The number of fused-ring (bicyclic) bond motifs is 17. The molecule has 154 valence electrons. The quantitative estimate of drug-likeness (QED) is 0.301. The van der Waals surface area contributed by atoms with Gasteiger partial charge in [0.25, 0.3) is 0 Å². The van der Waals surface area contributed by atoms with E-state index < -0.39 is 0 Å². The molecular formula is C27H46. The van der Waals surface area contributed by atoms with E-state index in [2.05, 4.69) is 12.2 Å². The van der Waals surface area contributed by atoms with Crippen molar-refractivity contribution in [1.82, 2.24) is 0 Å². The SMILES string of the molecule is C1=CC2CC1C1CC3C(CC21)C1CC3C2C3CCC(C3)C12.CC.CC.CC. The van der Waals surface area contributed by atoms with Crippen molar-refractivity contribution in [2.24, 2.45) is 71.0 Å². The lowest BCUT2D eigenvalue weighted by atomic mass is 9.55. The Balaban J connectivity index is 0.000000277. The number of hydrogen-bond acceptors (Lipinski definition) is 0. The summed E-state index contributed by atoms with van der Waals surface area (Å²) >= 11 is 0. The molecule has 12 atom stereocenters. The summed E-state index contributed by atoms with van der Waals surface area (Å²) < 4.78 is 0. The van der Waals surface area contributed by atoms with Crippen LogP contribution in [0.3, 0.4) is 0 Å². The maximum atomic E-state index is 2.61. The Morgan fingerprint density at radius 2 is 0.852 bits per heavy atom. The second-order valence-electron chi connectivity index (χ2n) is 10.1. The van der Waals surface area contributed by atoms with E-state index in [-0.39, 0.29) is 0 Å². The highest BCUT2D eigenvalue weighted by Gasteiger charge is 2.67. The smallest absolute Gasteiger partial charge is 0.0196 e. The molecule has 6 bridgehead atoms. The summed E-state index contributed by atoms with van der Waals surface area (Å²) in [6.45, 7) is 12.0. The first kappa shape index (κ1) is 20.0. The molecule has 12 unspecified atom stereocenters. The van der Waals surface area contributed by atoms with Gasteiger partial charge in [-0.2, -0.15) is 0 Å². The van der Waals surface area contributed by atoms with Gasteiger partial charge >= 0.3 is 0 Å². The van der Waals surface area contributed by atoms with E-state index in [0.717, 1.165) is 23.7 Å². The molecule has 27 heavy (non-hydrogen) atoms. The molecule has 0 amide bonds. The second kappa shape index (κ2) is 7.87. The third-order valence-corrected chi connectivity index (χ3v) is 10.1. The van der Waals surface area contributed by atoms with Gasteiger partial charge in [0.2, 0.25) is 0 Å². The highest BCUT2D eigenvalue weighted by Crippen LogP contribution is 2.74. The second-order valence-corrected chi connectivity index (χ2v) is 10.1. The molecule has 7 aliphatic carbocycles. The summed E-state index contributed by atoms with van der Waals surface area (Å²) in [7, 11) is 0.